The van der Waals surface area contributed by atoms with E-state index >= 15 is 0 Å². The maximum absolute atomic E-state index is 10.7. The molecule has 0 fully saturated rings. The van der Waals surface area contributed by atoms with Gasteiger partial charge in [0.15, 0.2) is 20.6 Å². The van der Waals surface area contributed by atoms with Gasteiger partial charge in [-0.1, -0.05) is 11.3 Å². The molecule has 24 heavy (non-hydrogen) atoms. The minimum absolute atomic E-state index is 0.905. The SMILES string of the molecule is CC[n+]1c(C)sc2c(OC)ccc(OC)c21.O=S(=O)([O-])C(F)(F)F. The van der Waals surface area contributed by atoms with Crippen molar-refractivity contribution in [1.82, 2.24) is 0 Å². The quantitative estimate of drug-likeness (QED) is 0.459. The second-order valence-electron chi connectivity index (χ2n) is 4.41. The van der Waals surface area contributed by atoms with Crippen LogP contribution in [0.4, 0.5) is 13.2 Å². The van der Waals surface area contributed by atoms with Crippen LogP contribution in [0.15, 0.2) is 12.1 Å². The maximum atomic E-state index is 10.7. The van der Waals surface area contributed by atoms with Gasteiger partial charge in [0.2, 0.25) is 5.01 Å². The monoisotopic (exact) mass is 387 g/mol. The Bertz CT molecular complexity index is 815. The summed E-state index contributed by atoms with van der Waals surface area (Å²) in [6.45, 7) is 5.19. The zero-order chi connectivity index (χ0) is 18.7. The lowest BCUT2D eigenvalue weighted by atomic mass is 10.3. The van der Waals surface area contributed by atoms with Gasteiger partial charge in [-0.3, -0.25) is 0 Å². The highest BCUT2D eigenvalue weighted by Gasteiger charge is 2.36. The van der Waals surface area contributed by atoms with E-state index in [1.54, 1.807) is 25.6 Å². The molecule has 1 heterocycles. The molecule has 0 spiro atoms. The highest BCUT2D eigenvalue weighted by Crippen LogP contribution is 2.35. The molecule has 1 aromatic carbocycles. The van der Waals surface area contributed by atoms with Crippen LogP contribution in [0.1, 0.15) is 11.9 Å². The molecule has 0 saturated carbocycles. The molecule has 11 heteroatoms. The van der Waals surface area contributed by atoms with Crippen molar-refractivity contribution in [2.24, 2.45) is 0 Å². The third kappa shape index (κ3) is 4.28. The molecule has 0 saturated heterocycles. The Morgan fingerprint density at radius 1 is 1.21 bits per heavy atom. The van der Waals surface area contributed by atoms with Crippen LogP contribution in [0.2, 0.25) is 0 Å². The smallest absolute Gasteiger partial charge is 0.485 e. The lowest BCUT2D eigenvalue weighted by Gasteiger charge is -2.08. The van der Waals surface area contributed by atoms with Gasteiger partial charge in [-0.15, -0.1) is 0 Å². The summed E-state index contributed by atoms with van der Waals surface area (Å²) >= 11 is 1.74. The Balaban J connectivity index is 0.000000307. The van der Waals surface area contributed by atoms with E-state index < -0.39 is 15.6 Å². The molecule has 0 N–H and O–H groups in total. The molecule has 0 aliphatic heterocycles. The second-order valence-corrected chi connectivity index (χ2v) is 6.99. The fraction of sp³-hybridized carbons (Fsp3) is 0.462. The van der Waals surface area contributed by atoms with Gasteiger partial charge in [0, 0.05) is 6.92 Å². The normalized spacial score (nSPS) is 11.8. The number of ether oxygens (including phenoxy) is 2. The predicted octanol–water partition coefficient (Wildman–Crippen LogP) is 2.59. The summed E-state index contributed by atoms with van der Waals surface area (Å²) in [6, 6.07) is 3.91. The van der Waals surface area contributed by atoms with E-state index in [2.05, 4.69) is 18.4 Å². The van der Waals surface area contributed by atoms with Crippen molar-refractivity contribution in [1.29, 1.82) is 0 Å². The highest BCUT2D eigenvalue weighted by atomic mass is 32.2. The second kappa shape index (κ2) is 7.53. The molecule has 0 unspecified atom stereocenters. The number of hydrogen-bond acceptors (Lipinski definition) is 6. The van der Waals surface area contributed by atoms with Gasteiger partial charge in [0.25, 0.3) is 5.52 Å². The van der Waals surface area contributed by atoms with Crippen LogP contribution in [0.25, 0.3) is 10.2 Å². The van der Waals surface area contributed by atoms with Gasteiger partial charge >= 0.3 is 5.51 Å². The third-order valence-electron chi connectivity index (χ3n) is 3.00. The number of hydrogen-bond donors (Lipinski definition) is 0. The summed E-state index contributed by atoms with van der Waals surface area (Å²) in [5, 5.41) is 1.26. The average Bonchev–Trinajstić information content (AvgIpc) is 2.81. The maximum Gasteiger partial charge on any atom is 0.485 e. The van der Waals surface area contributed by atoms with Gasteiger partial charge < -0.3 is 14.0 Å². The van der Waals surface area contributed by atoms with Crippen molar-refractivity contribution in [2.45, 2.75) is 25.9 Å². The zero-order valence-electron chi connectivity index (χ0n) is 13.3. The average molecular weight is 387 g/mol. The zero-order valence-corrected chi connectivity index (χ0v) is 14.9. The topological polar surface area (TPSA) is 79.5 Å². The van der Waals surface area contributed by atoms with E-state index in [1.165, 1.54) is 5.01 Å². The number of methoxy groups -OCH3 is 2. The van der Waals surface area contributed by atoms with Crippen molar-refractivity contribution < 1.29 is 40.2 Å². The van der Waals surface area contributed by atoms with E-state index in [-0.39, 0.29) is 0 Å². The standard InChI is InChI=1S/C12H16NO2S.CHF3O3S/c1-5-13-8(2)16-12-10(15-4)7-6-9(14-3)11(12)13;2-1(3,4)8(5,6)7/h6-7H,5H2,1-4H3;(H,5,6,7)/q+1;/p-1. The molecule has 0 aliphatic carbocycles. The van der Waals surface area contributed by atoms with Crippen LogP contribution in [-0.4, -0.2) is 32.7 Å². The minimum Gasteiger partial charge on any atom is -0.741 e. The first kappa shape index (κ1) is 20.5. The predicted molar refractivity (Wildman–Crippen MR) is 81.3 cm³/mol. The molecule has 2 rings (SSSR count). The molecule has 0 amide bonds. The molecule has 136 valence electrons. The van der Waals surface area contributed by atoms with Crippen LogP contribution in [0, 0.1) is 6.92 Å². The van der Waals surface area contributed by atoms with Crippen molar-refractivity contribution in [3.05, 3.63) is 17.1 Å². The van der Waals surface area contributed by atoms with E-state index in [1.807, 2.05) is 12.1 Å². The van der Waals surface area contributed by atoms with Gasteiger partial charge in [-0.05, 0) is 19.1 Å². The number of rotatable bonds is 3. The first-order valence-electron chi connectivity index (χ1n) is 6.54. The van der Waals surface area contributed by atoms with Crippen LogP contribution in [0.5, 0.6) is 11.5 Å². The lowest BCUT2D eigenvalue weighted by Crippen LogP contribution is -2.33. The number of thiazole rings is 1. The number of nitrogens with zero attached hydrogens (tertiary/aromatic N) is 1. The Morgan fingerprint density at radius 2 is 1.67 bits per heavy atom. The van der Waals surface area contributed by atoms with Crippen molar-refractivity contribution in [3.8, 4) is 11.5 Å². The Labute approximate surface area is 141 Å². The number of aromatic nitrogens is 1. The Morgan fingerprint density at radius 3 is 2.04 bits per heavy atom. The fourth-order valence-electron chi connectivity index (χ4n) is 1.96. The summed E-state index contributed by atoms with van der Waals surface area (Å²) in [4.78, 5) is 0. The summed E-state index contributed by atoms with van der Waals surface area (Å²) in [6.07, 6.45) is 0. The van der Waals surface area contributed by atoms with E-state index in [0.29, 0.717) is 0 Å². The van der Waals surface area contributed by atoms with Crippen molar-refractivity contribution in [2.75, 3.05) is 14.2 Å². The summed E-state index contributed by atoms with van der Waals surface area (Å²) in [5.74, 6) is 1.82. The molecule has 2 aromatic rings. The number of halogens is 3. The first-order valence-corrected chi connectivity index (χ1v) is 8.76. The fourth-order valence-corrected chi connectivity index (χ4v) is 3.14. The molecule has 0 atom stereocenters. The van der Waals surface area contributed by atoms with Gasteiger partial charge in [0.1, 0.15) is 12.3 Å². The van der Waals surface area contributed by atoms with Crippen LogP contribution < -0.4 is 14.0 Å². The van der Waals surface area contributed by atoms with E-state index in [4.69, 9.17) is 22.4 Å². The molecular formula is C13H16F3NO5S2. The molecule has 0 aliphatic rings. The number of fused-ring (bicyclic) bond motifs is 1. The van der Waals surface area contributed by atoms with Crippen LogP contribution in [0.3, 0.4) is 0 Å². The number of alkyl halides is 3. The lowest BCUT2D eigenvalue weighted by molar-refractivity contribution is -0.669. The Hall–Kier alpha value is -1.59. The first-order chi connectivity index (χ1) is 11.0. The number of aryl methyl sites for hydroxylation is 2. The molecular weight excluding hydrogens is 371 g/mol. The van der Waals surface area contributed by atoms with Gasteiger partial charge in [-0.25, -0.2) is 8.42 Å². The summed E-state index contributed by atoms with van der Waals surface area (Å²) < 4.78 is 73.1. The third-order valence-corrected chi connectivity index (χ3v) is 4.68. The Kier molecular flexibility index (Phi) is 6.42. The highest BCUT2D eigenvalue weighted by molar-refractivity contribution is 7.86. The van der Waals surface area contributed by atoms with Crippen LogP contribution in [-0.2, 0) is 16.7 Å². The van der Waals surface area contributed by atoms with Crippen LogP contribution >= 0.6 is 11.3 Å². The largest absolute Gasteiger partial charge is 0.741 e. The molecule has 1 aromatic heterocycles. The molecule has 0 radical (unpaired) electrons. The van der Waals surface area contributed by atoms with Gasteiger partial charge in [0.05, 0.1) is 14.2 Å². The van der Waals surface area contributed by atoms with Gasteiger partial charge in [-0.2, -0.15) is 17.7 Å². The minimum atomic E-state index is -6.09. The summed E-state index contributed by atoms with van der Waals surface area (Å²) in [5.41, 5.74) is -4.51. The van der Waals surface area contributed by atoms with Crippen molar-refractivity contribution >= 4 is 31.7 Å². The van der Waals surface area contributed by atoms with E-state index in [9.17, 15) is 13.2 Å². The molecule has 0 bridgehead atoms. The van der Waals surface area contributed by atoms with E-state index in [0.717, 1.165) is 28.3 Å². The van der Waals surface area contributed by atoms with Crippen molar-refractivity contribution in [3.63, 3.8) is 0 Å². The summed E-state index contributed by atoms with van der Waals surface area (Å²) in [7, 11) is -2.69. The molecule has 6 nitrogen and oxygen atoms in total. The number of benzene rings is 1.